The van der Waals surface area contributed by atoms with E-state index in [1.807, 2.05) is 45.2 Å². The van der Waals surface area contributed by atoms with Gasteiger partial charge in [0.25, 0.3) is 0 Å². The first-order valence-electron chi connectivity index (χ1n) is 6.65. The molecule has 0 aliphatic heterocycles. The van der Waals surface area contributed by atoms with Crippen LogP contribution in [0, 0.1) is 5.92 Å². The Morgan fingerprint density at radius 3 is 2.63 bits per heavy atom. The molecule has 2 unspecified atom stereocenters. The summed E-state index contributed by atoms with van der Waals surface area (Å²) in [6, 6.07) is 7.98. The van der Waals surface area contributed by atoms with E-state index in [-0.39, 0.29) is 17.9 Å². The van der Waals surface area contributed by atoms with Crippen LogP contribution in [0.2, 0.25) is 0 Å². The van der Waals surface area contributed by atoms with Crippen LogP contribution < -0.4 is 15.4 Å². The van der Waals surface area contributed by atoms with Gasteiger partial charge in [0.2, 0.25) is 5.91 Å². The van der Waals surface area contributed by atoms with E-state index in [4.69, 9.17) is 4.74 Å². The van der Waals surface area contributed by atoms with Gasteiger partial charge < -0.3 is 15.4 Å². The molecule has 1 aromatic carbocycles. The van der Waals surface area contributed by atoms with E-state index in [9.17, 15) is 4.79 Å². The highest BCUT2D eigenvalue weighted by molar-refractivity contribution is 5.78. The zero-order chi connectivity index (χ0) is 14.3. The minimum absolute atomic E-state index is 0.0230. The summed E-state index contributed by atoms with van der Waals surface area (Å²) in [6.45, 7) is 4.62. The van der Waals surface area contributed by atoms with E-state index in [0.717, 1.165) is 17.7 Å². The van der Waals surface area contributed by atoms with E-state index in [1.54, 1.807) is 7.11 Å². The zero-order valence-corrected chi connectivity index (χ0v) is 12.2. The molecule has 0 saturated carbocycles. The molecular weight excluding hydrogens is 240 g/mol. The molecule has 1 rings (SSSR count). The molecule has 0 aliphatic rings. The van der Waals surface area contributed by atoms with Crippen LogP contribution in [0.25, 0.3) is 0 Å². The summed E-state index contributed by atoms with van der Waals surface area (Å²) in [6.07, 6.45) is 0.766. The zero-order valence-electron chi connectivity index (χ0n) is 12.2. The van der Waals surface area contributed by atoms with Crippen molar-refractivity contribution in [3.8, 4) is 5.75 Å². The van der Waals surface area contributed by atoms with Crippen molar-refractivity contribution in [1.29, 1.82) is 0 Å². The van der Waals surface area contributed by atoms with Crippen molar-refractivity contribution >= 4 is 5.91 Å². The van der Waals surface area contributed by atoms with Crippen molar-refractivity contribution < 1.29 is 9.53 Å². The monoisotopic (exact) mass is 264 g/mol. The molecule has 1 aromatic rings. The number of para-hydroxylation sites is 1. The SMILES string of the molecule is CNCC(C)C(=O)NC(C)Cc1ccccc1OC. The number of hydrogen-bond acceptors (Lipinski definition) is 3. The second-order valence-corrected chi connectivity index (χ2v) is 4.88. The minimum atomic E-state index is -0.0230. The quantitative estimate of drug-likeness (QED) is 0.786. The minimum Gasteiger partial charge on any atom is -0.496 e. The fourth-order valence-electron chi connectivity index (χ4n) is 2.04. The third-order valence-corrected chi connectivity index (χ3v) is 3.07. The van der Waals surface area contributed by atoms with Gasteiger partial charge >= 0.3 is 0 Å². The van der Waals surface area contributed by atoms with Crippen LogP contribution in [-0.4, -0.2) is 32.7 Å². The van der Waals surface area contributed by atoms with Crippen molar-refractivity contribution in [2.45, 2.75) is 26.3 Å². The van der Waals surface area contributed by atoms with Gasteiger partial charge in [0, 0.05) is 18.5 Å². The lowest BCUT2D eigenvalue weighted by atomic mass is 10.0. The lowest BCUT2D eigenvalue weighted by Gasteiger charge is -2.18. The van der Waals surface area contributed by atoms with Crippen LogP contribution in [0.3, 0.4) is 0 Å². The summed E-state index contributed by atoms with van der Waals surface area (Å²) < 4.78 is 5.31. The molecular formula is C15H24N2O2. The number of carbonyl (C=O) groups excluding carboxylic acids is 1. The Labute approximate surface area is 115 Å². The molecule has 2 N–H and O–H groups in total. The maximum Gasteiger partial charge on any atom is 0.224 e. The highest BCUT2D eigenvalue weighted by Crippen LogP contribution is 2.18. The molecule has 0 aliphatic carbocycles. The molecule has 19 heavy (non-hydrogen) atoms. The van der Waals surface area contributed by atoms with Gasteiger partial charge in [-0.3, -0.25) is 4.79 Å². The van der Waals surface area contributed by atoms with Gasteiger partial charge in [-0.05, 0) is 32.0 Å². The number of benzene rings is 1. The van der Waals surface area contributed by atoms with Crippen molar-refractivity contribution in [3.05, 3.63) is 29.8 Å². The van der Waals surface area contributed by atoms with E-state index >= 15 is 0 Å². The van der Waals surface area contributed by atoms with Crippen molar-refractivity contribution in [2.75, 3.05) is 20.7 Å². The molecule has 4 heteroatoms. The molecule has 0 aromatic heterocycles. The summed E-state index contributed by atoms with van der Waals surface area (Å²) >= 11 is 0. The van der Waals surface area contributed by atoms with Crippen LogP contribution in [0.1, 0.15) is 19.4 Å². The van der Waals surface area contributed by atoms with Gasteiger partial charge in [-0.1, -0.05) is 25.1 Å². The predicted molar refractivity (Wildman–Crippen MR) is 77.4 cm³/mol. The first kappa shape index (κ1) is 15.5. The first-order valence-corrected chi connectivity index (χ1v) is 6.65. The van der Waals surface area contributed by atoms with Gasteiger partial charge in [-0.15, -0.1) is 0 Å². The van der Waals surface area contributed by atoms with Crippen LogP contribution >= 0.6 is 0 Å². The Bertz CT molecular complexity index is 407. The fourth-order valence-corrected chi connectivity index (χ4v) is 2.04. The maximum atomic E-state index is 11.9. The Kier molecular flexibility index (Phi) is 6.36. The summed E-state index contributed by atoms with van der Waals surface area (Å²) in [5.41, 5.74) is 1.11. The molecule has 0 radical (unpaired) electrons. The maximum absolute atomic E-state index is 11.9. The molecule has 0 bridgehead atoms. The van der Waals surface area contributed by atoms with E-state index < -0.39 is 0 Å². The molecule has 0 fully saturated rings. The third-order valence-electron chi connectivity index (χ3n) is 3.07. The van der Waals surface area contributed by atoms with Crippen molar-refractivity contribution in [3.63, 3.8) is 0 Å². The number of methoxy groups -OCH3 is 1. The molecule has 0 saturated heterocycles. The summed E-state index contributed by atoms with van der Waals surface area (Å²) in [4.78, 5) is 11.9. The van der Waals surface area contributed by atoms with Gasteiger partial charge in [-0.2, -0.15) is 0 Å². The summed E-state index contributed by atoms with van der Waals surface area (Å²) in [5.74, 6) is 0.925. The van der Waals surface area contributed by atoms with Gasteiger partial charge in [-0.25, -0.2) is 0 Å². The molecule has 4 nitrogen and oxygen atoms in total. The smallest absolute Gasteiger partial charge is 0.224 e. The highest BCUT2D eigenvalue weighted by Gasteiger charge is 2.15. The highest BCUT2D eigenvalue weighted by atomic mass is 16.5. The number of nitrogens with one attached hydrogen (secondary N) is 2. The Morgan fingerprint density at radius 2 is 2.00 bits per heavy atom. The lowest BCUT2D eigenvalue weighted by Crippen LogP contribution is -2.40. The molecule has 2 atom stereocenters. The standard InChI is InChI=1S/C15H24N2O2/c1-11(10-16-3)15(18)17-12(2)9-13-7-5-6-8-14(13)19-4/h5-8,11-12,16H,9-10H2,1-4H3,(H,17,18). The largest absolute Gasteiger partial charge is 0.496 e. The fraction of sp³-hybridized carbons (Fsp3) is 0.533. The predicted octanol–water partition coefficient (Wildman–Crippen LogP) is 1.60. The number of ether oxygens (including phenoxy) is 1. The molecule has 106 valence electrons. The Balaban J connectivity index is 2.55. The van der Waals surface area contributed by atoms with Crippen LogP contribution in [0.4, 0.5) is 0 Å². The average Bonchev–Trinajstić information content (AvgIpc) is 2.39. The topological polar surface area (TPSA) is 50.4 Å². The van der Waals surface area contributed by atoms with Gasteiger partial charge in [0.1, 0.15) is 5.75 Å². The Hall–Kier alpha value is -1.55. The second-order valence-electron chi connectivity index (χ2n) is 4.88. The number of amides is 1. The van der Waals surface area contributed by atoms with Crippen LogP contribution in [0.5, 0.6) is 5.75 Å². The van der Waals surface area contributed by atoms with Crippen LogP contribution in [-0.2, 0) is 11.2 Å². The molecule has 1 amide bonds. The normalized spacial score (nSPS) is 13.7. The van der Waals surface area contributed by atoms with Crippen molar-refractivity contribution in [2.24, 2.45) is 5.92 Å². The average molecular weight is 264 g/mol. The molecule has 0 spiro atoms. The number of rotatable bonds is 7. The van der Waals surface area contributed by atoms with Gasteiger partial charge in [0.15, 0.2) is 0 Å². The number of hydrogen-bond donors (Lipinski definition) is 2. The first-order chi connectivity index (χ1) is 9.08. The Morgan fingerprint density at radius 1 is 1.32 bits per heavy atom. The lowest BCUT2D eigenvalue weighted by molar-refractivity contribution is -0.124. The summed E-state index contributed by atoms with van der Waals surface area (Å²) in [5, 5.41) is 6.04. The van der Waals surface area contributed by atoms with E-state index in [1.165, 1.54) is 0 Å². The summed E-state index contributed by atoms with van der Waals surface area (Å²) in [7, 11) is 3.51. The van der Waals surface area contributed by atoms with Crippen molar-refractivity contribution in [1.82, 2.24) is 10.6 Å². The third kappa shape index (κ3) is 4.91. The van der Waals surface area contributed by atoms with Gasteiger partial charge in [0.05, 0.1) is 7.11 Å². The van der Waals surface area contributed by atoms with Crippen LogP contribution in [0.15, 0.2) is 24.3 Å². The molecule has 0 heterocycles. The number of carbonyl (C=O) groups is 1. The van der Waals surface area contributed by atoms with E-state index in [2.05, 4.69) is 10.6 Å². The second kappa shape index (κ2) is 7.79. The van der Waals surface area contributed by atoms with E-state index in [0.29, 0.717) is 6.54 Å².